The summed E-state index contributed by atoms with van der Waals surface area (Å²) >= 11 is 0. The van der Waals surface area contributed by atoms with Gasteiger partial charge in [0.1, 0.15) is 5.75 Å². The second kappa shape index (κ2) is 9.40. The Kier molecular flexibility index (Phi) is 6.22. The highest BCUT2D eigenvalue weighted by molar-refractivity contribution is 6.07. The molecule has 0 fully saturated rings. The van der Waals surface area contributed by atoms with Crippen LogP contribution in [0.25, 0.3) is 0 Å². The van der Waals surface area contributed by atoms with Crippen LogP contribution in [0.1, 0.15) is 37.6 Å². The van der Waals surface area contributed by atoms with Crippen LogP contribution in [0.15, 0.2) is 77.5 Å². The van der Waals surface area contributed by atoms with Crippen molar-refractivity contribution in [3.63, 3.8) is 0 Å². The maximum absolute atomic E-state index is 12.7. The zero-order chi connectivity index (χ0) is 23.4. The number of rotatable bonds is 6. The maximum atomic E-state index is 12.7. The molecule has 0 aliphatic heterocycles. The molecular formula is C26H23N3O4. The molecule has 2 heterocycles. The number of aryl methyl sites for hydroxylation is 3. The number of furan rings is 1. The third-order valence-electron chi connectivity index (χ3n) is 5.19. The molecule has 0 radical (unpaired) electrons. The second-order valence-corrected chi connectivity index (χ2v) is 7.65. The van der Waals surface area contributed by atoms with Crippen LogP contribution in [-0.2, 0) is 0 Å². The summed E-state index contributed by atoms with van der Waals surface area (Å²) in [5.74, 6) is 0.608. The molecule has 2 N–H and O–H groups in total. The van der Waals surface area contributed by atoms with Gasteiger partial charge >= 0.3 is 0 Å². The number of hydrogen-bond acceptors (Lipinski definition) is 5. The summed E-state index contributed by atoms with van der Waals surface area (Å²) in [6, 6.07) is 17.5. The average Bonchev–Trinajstić information content (AvgIpc) is 3.34. The molecule has 0 spiro atoms. The number of ether oxygens (including phenoxy) is 1. The Hall–Kier alpha value is -4.39. The van der Waals surface area contributed by atoms with E-state index < -0.39 is 0 Å². The Morgan fingerprint density at radius 1 is 0.848 bits per heavy atom. The number of carbonyl (C=O) groups excluding carboxylic acids is 2. The van der Waals surface area contributed by atoms with Crippen LogP contribution >= 0.6 is 0 Å². The Morgan fingerprint density at radius 3 is 2.36 bits per heavy atom. The summed E-state index contributed by atoms with van der Waals surface area (Å²) in [5, 5.41) is 5.57. The zero-order valence-electron chi connectivity index (χ0n) is 18.5. The van der Waals surface area contributed by atoms with Crippen molar-refractivity contribution in [2.75, 3.05) is 10.6 Å². The minimum atomic E-state index is -0.385. The molecule has 0 atom stereocenters. The molecular weight excluding hydrogens is 418 g/mol. The lowest BCUT2D eigenvalue weighted by Crippen LogP contribution is -2.15. The molecule has 2 aromatic carbocycles. The van der Waals surface area contributed by atoms with Crippen molar-refractivity contribution in [3.8, 4) is 11.6 Å². The first-order valence-corrected chi connectivity index (χ1v) is 10.4. The molecule has 0 bridgehead atoms. The molecule has 0 aliphatic carbocycles. The molecule has 33 heavy (non-hydrogen) atoms. The maximum Gasteiger partial charge on any atom is 0.291 e. The highest BCUT2D eigenvalue weighted by Gasteiger charge is 2.13. The van der Waals surface area contributed by atoms with Gasteiger partial charge in [-0.1, -0.05) is 12.1 Å². The van der Waals surface area contributed by atoms with Gasteiger partial charge in [-0.25, -0.2) is 4.98 Å². The summed E-state index contributed by atoms with van der Waals surface area (Å²) in [4.78, 5) is 29.3. The van der Waals surface area contributed by atoms with Crippen LogP contribution in [0.5, 0.6) is 11.6 Å². The van der Waals surface area contributed by atoms with Gasteiger partial charge in [-0.3, -0.25) is 9.59 Å². The van der Waals surface area contributed by atoms with Crippen LogP contribution in [0.3, 0.4) is 0 Å². The van der Waals surface area contributed by atoms with Gasteiger partial charge in [0, 0.05) is 17.3 Å². The Balaban J connectivity index is 1.42. The van der Waals surface area contributed by atoms with E-state index in [4.69, 9.17) is 9.15 Å². The fourth-order valence-corrected chi connectivity index (χ4v) is 3.11. The summed E-state index contributed by atoms with van der Waals surface area (Å²) in [5.41, 5.74) is 4.59. The van der Waals surface area contributed by atoms with Crippen molar-refractivity contribution in [1.82, 2.24) is 4.98 Å². The minimum absolute atomic E-state index is 0.193. The molecule has 0 saturated carbocycles. The van der Waals surface area contributed by atoms with Crippen LogP contribution in [0, 0.1) is 20.8 Å². The first-order valence-electron chi connectivity index (χ1n) is 10.4. The van der Waals surface area contributed by atoms with E-state index in [1.165, 1.54) is 18.0 Å². The lowest BCUT2D eigenvalue weighted by Gasteiger charge is -2.11. The van der Waals surface area contributed by atoms with Gasteiger partial charge in [-0.05, 0) is 79.9 Å². The van der Waals surface area contributed by atoms with Crippen LogP contribution in [0.2, 0.25) is 0 Å². The van der Waals surface area contributed by atoms with Gasteiger partial charge in [0.25, 0.3) is 11.8 Å². The van der Waals surface area contributed by atoms with Crippen molar-refractivity contribution in [2.24, 2.45) is 0 Å². The number of amides is 2. The number of aromatic nitrogens is 1. The van der Waals surface area contributed by atoms with Crippen molar-refractivity contribution in [1.29, 1.82) is 0 Å². The van der Waals surface area contributed by atoms with Crippen LogP contribution in [-0.4, -0.2) is 16.8 Å². The van der Waals surface area contributed by atoms with E-state index in [0.717, 1.165) is 11.1 Å². The lowest BCUT2D eigenvalue weighted by atomic mass is 10.1. The summed E-state index contributed by atoms with van der Waals surface area (Å²) in [7, 11) is 0. The molecule has 4 aromatic rings. The third-order valence-corrected chi connectivity index (χ3v) is 5.19. The summed E-state index contributed by atoms with van der Waals surface area (Å²) < 4.78 is 10.9. The molecule has 7 heteroatoms. The Labute approximate surface area is 191 Å². The number of hydrogen-bond donors (Lipinski definition) is 2. The van der Waals surface area contributed by atoms with E-state index >= 15 is 0 Å². The number of nitrogens with one attached hydrogen (secondary N) is 2. The van der Waals surface area contributed by atoms with Crippen molar-refractivity contribution in [3.05, 3.63) is 101 Å². The first-order chi connectivity index (χ1) is 15.9. The van der Waals surface area contributed by atoms with Gasteiger partial charge in [-0.2, -0.15) is 0 Å². The highest BCUT2D eigenvalue weighted by atomic mass is 16.5. The quantitative estimate of drug-likeness (QED) is 0.389. The summed E-state index contributed by atoms with van der Waals surface area (Å²) in [6.45, 7) is 5.91. The highest BCUT2D eigenvalue weighted by Crippen LogP contribution is 2.24. The van der Waals surface area contributed by atoms with E-state index in [1.54, 1.807) is 42.5 Å². The Morgan fingerprint density at radius 2 is 1.67 bits per heavy atom. The molecule has 4 rings (SSSR count). The van der Waals surface area contributed by atoms with E-state index in [9.17, 15) is 9.59 Å². The van der Waals surface area contributed by atoms with E-state index in [1.807, 2.05) is 39.0 Å². The number of benzene rings is 2. The minimum Gasteiger partial charge on any atom is -0.459 e. The van der Waals surface area contributed by atoms with Gasteiger partial charge in [0.15, 0.2) is 5.76 Å². The van der Waals surface area contributed by atoms with Crippen molar-refractivity contribution in [2.45, 2.75) is 20.8 Å². The van der Waals surface area contributed by atoms with E-state index in [0.29, 0.717) is 28.6 Å². The standard InChI is InChI=1S/C26H23N3O4/c1-16-7-10-21(13-18(16)3)33-24-11-9-20(15-27-24)28-25(30)19-8-6-17(2)22(14-19)29-26(31)23-5-4-12-32-23/h4-15H,1-3H3,(H,28,30)(H,29,31). The predicted molar refractivity (Wildman–Crippen MR) is 126 cm³/mol. The largest absolute Gasteiger partial charge is 0.459 e. The SMILES string of the molecule is Cc1ccc(Oc2ccc(NC(=O)c3ccc(C)c(NC(=O)c4ccco4)c3)cn2)cc1C. The normalized spacial score (nSPS) is 10.5. The van der Waals surface area contributed by atoms with Crippen LogP contribution < -0.4 is 15.4 Å². The first kappa shape index (κ1) is 21.8. The van der Waals surface area contributed by atoms with Gasteiger partial charge < -0.3 is 19.8 Å². The van der Waals surface area contributed by atoms with Crippen molar-refractivity contribution >= 4 is 23.2 Å². The molecule has 7 nitrogen and oxygen atoms in total. The molecule has 2 aromatic heterocycles. The molecule has 0 saturated heterocycles. The molecule has 2 amide bonds. The summed E-state index contributed by atoms with van der Waals surface area (Å²) in [6.07, 6.45) is 2.96. The molecule has 0 unspecified atom stereocenters. The van der Waals surface area contributed by atoms with Gasteiger partial charge in [0.2, 0.25) is 5.88 Å². The zero-order valence-corrected chi connectivity index (χ0v) is 18.5. The smallest absolute Gasteiger partial charge is 0.291 e. The van der Waals surface area contributed by atoms with E-state index in [-0.39, 0.29) is 17.6 Å². The van der Waals surface area contributed by atoms with E-state index in [2.05, 4.69) is 15.6 Å². The number of nitrogens with zero attached hydrogens (tertiary/aromatic N) is 1. The van der Waals surface area contributed by atoms with Crippen molar-refractivity contribution < 1.29 is 18.7 Å². The molecule has 166 valence electrons. The number of carbonyl (C=O) groups is 2. The number of anilines is 2. The second-order valence-electron chi connectivity index (χ2n) is 7.65. The monoisotopic (exact) mass is 441 g/mol. The van der Waals surface area contributed by atoms with Gasteiger partial charge in [0.05, 0.1) is 18.1 Å². The predicted octanol–water partition coefficient (Wildman–Crippen LogP) is 5.90. The Bertz CT molecular complexity index is 1300. The third kappa shape index (κ3) is 5.27. The molecule has 0 aliphatic rings. The number of pyridine rings is 1. The topological polar surface area (TPSA) is 93.5 Å². The lowest BCUT2D eigenvalue weighted by molar-refractivity contribution is 0.0993. The van der Waals surface area contributed by atoms with Crippen LogP contribution in [0.4, 0.5) is 11.4 Å². The fraction of sp³-hybridized carbons (Fsp3) is 0.115. The fourth-order valence-electron chi connectivity index (χ4n) is 3.11. The van der Waals surface area contributed by atoms with Gasteiger partial charge in [-0.15, -0.1) is 0 Å². The average molecular weight is 441 g/mol.